The maximum absolute atomic E-state index is 11.8. The van der Waals surface area contributed by atoms with Gasteiger partial charge in [0, 0.05) is 20.7 Å². The second kappa shape index (κ2) is 5.82. The third kappa shape index (κ3) is 3.20. The molecule has 0 bridgehead atoms. The number of ether oxygens (including phenoxy) is 1. The van der Waals surface area contributed by atoms with Crippen LogP contribution in [0.3, 0.4) is 0 Å². The highest BCUT2D eigenvalue weighted by molar-refractivity contribution is 5.80. The summed E-state index contributed by atoms with van der Waals surface area (Å²) in [5.74, 6) is 0.850. The molecule has 1 aliphatic rings. The molecule has 1 aliphatic heterocycles. The van der Waals surface area contributed by atoms with Crippen molar-refractivity contribution in [3.63, 3.8) is 0 Å². The van der Waals surface area contributed by atoms with Crippen molar-refractivity contribution in [1.29, 1.82) is 0 Å². The van der Waals surface area contributed by atoms with Gasteiger partial charge in [-0.3, -0.25) is 4.79 Å². The van der Waals surface area contributed by atoms with Crippen molar-refractivity contribution in [2.75, 3.05) is 25.6 Å². The molecule has 1 aromatic rings. The zero-order chi connectivity index (χ0) is 13.0. The van der Waals surface area contributed by atoms with Crippen molar-refractivity contribution in [1.82, 2.24) is 10.3 Å². The average Bonchev–Trinajstić information content (AvgIpc) is 2.90. The minimum atomic E-state index is -0.276. The van der Waals surface area contributed by atoms with Gasteiger partial charge in [0.05, 0.1) is 12.2 Å². The van der Waals surface area contributed by atoms with Crippen LogP contribution < -0.4 is 10.2 Å². The molecular weight excluding hydrogens is 230 g/mol. The van der Waals surface area contributed by atoms with Gasteiger partial charge in [0.15, 0.2) is 0 Å². The number of carbonyl (C=O) groups excluding carboxylic acids is 1. The highest BCUT2D eigenvalue weighted by Gasteiger charge is 2.23. The summed E-state index contributed by atoms with van der Waals surface area (Å²) in [5, 5.41) is 2.86. The minimum absolute atomic E-state index is 0.0374. The number of hydrogen-bond acceptors (Lipinski definition) is 4. The fourth-order valence-electron chi connectivity index (χ4n) is 1.89. The van der Waals surface area contributed by atoms with Crippen molar-refractivity contribution in [2.24, 2.45) is 0 Å². The molecule has 1 N–H and O–H groups in total. The summed E-state index contributed by atoms with van der Waals surface area (Å²) < 4.78 is 5.32. The predicted molar refractivity (Wildman–Crippen MR) is 69.4 cm³/mol. The molecule has 1 saturated heterocycles. The lowest BCUT2D eigenvalue weighted by atomic mass is 10.2. The highest BCUT2D eigenvalue weighted by Crippen LogP contribution is 2.12. The zero-order valence-electron chi connectivity index (χ0n) is 10.8. The number of aromatic nitrogens is 1. The Morgan fingerprint density at radius 1 is 1.56 bits per heavy atom. The van der Waals surface area contributed by atoms with Gasteiger partial charge in [-0.1, -0.05) is 6.07 Å². The maximum atomic E-state index is 11.8. The van der Waals surface area contributed by atoms with Crippen LogP contribution in [0, 0.1) is 0 Å². The topological polar surface area (TPSA) is 54.5 Å². The minimum Gasteiger partial charge on any atom is -0.368 e. The standard InChI is InChI=1S/C13H19N3O2/c1-16(2)12-7-3-5-10(15-12)9-14-13(17)11-6-4-8-18-11/h3,5,7,11H,4,6,8-9H2,1-2H3,(H,14,17)/t11-/m1/s1. The molecule has 1 amide bonds. The smallest absolute Gasteiger partial charge is 0.249 e. The lowest BCUT2D eigenvalue weighted by Crippen LogP contribution is -2.33. The summed E-state index contributed by atoms with van der Waals surface area (Å²) in [7, 11) is 3.88. The number of hydrogen-bond donors (Lipinski definition) is 1. The fourth-order valence-corrected chi connectivity index (χ4v) is 1.89. The molecular formula is C13H19N3O2. The van der Waals surface area contributed by atoms with Crippen LogP contribution in [-0.4, -0.2) is 37.7 Å². The van der Waals surface area contributed by atoms with Gasteiger partial charge in [0.2, 0.25) is 5.91 Å². The molecule has 98 valence electrons. The van der Waals surface area contributed by atoms with E-state index in [4.69, 9.17) is 4.74 Å². The fraction of sp³-hybridized carbons (Fsp3) is 0.538. The molecule has 1 atom stereocenters. The molecule has 2 heterocycles. The summed E-state index contributed by atoms with van der Waals surface area (Å²) in [5.41, 5.74) is 0.854. The van der Waals surface area contributed by atoms with Gasteiger partial charge < -0.3 is 15.0 Å². The molecule has 0 saturated carbocycles. The number of rotatable bonds is 4. The summed E-state index contributed by atoms with van der Waals surface area (Å²) in [6, 6.07) is 5.78. The number of nitrogens with one attached hydrogen (secondary N) is 1. The zero-order valence-corrected chi connectivity index (χ0v) is 10.8. The normalized spacial score (nSPS) is 18.7. The van der Waals surface area contributed by atoms with E-state index in [1.807, 2.05) is 37.2 Å². The van der Waals surface area contributed by atoms with Crippen LogP contribution in [0.15, 0.2) is 18.2 Å². The average molecular weight is 249 g/mol. The first-order chi connectivity index (χ1) is 8.66. The van der Waals surface area contributed by atoms with E-state index in [0.29, 0.717) is 13.2 Å². The van der Waals surface area contributed by atoms with Crippen molar-refractivity contribution in [3.05, 3.63) is 23.9 Å². The van der Waals surface area contributed by atoms with E-state index in [1.54, 1.807) is 0 Å². The van der Waals surface area contributed by atoms with Crippen molar-refractivity contribution in [3.8, 4) is 0 Å². The first kappa shape index (κ1) is 12.8. The van der Waals surface area contributed by atoms with Gasteiger partial charge in [-0.2, -0.15) is 0 Å². The van der Waals surface area contributed by atoms with Gasteiger partial charge in [0.1, 0.15) is 11.9 Å². The summed E-state index contributed by atoms with van der Waals surface area (Å²) >= 11 is 0. The number of carbonyl (C=O) groups is 1. The predicted octanol–water partition coefficient (Wildman–Crippen LogP) is 0.943. The lowest BCUT2D eigenvalue weighted by molar-refractivity contribution is -0.130. The number of nitrogens with zero attached hydrogens (tertiary/aromatic N) is 2. The van der Waals surface area contributed by atoms with E-state index in [-0.39, 0.29) is 12.0 Å². The van der Waals surface area contributed by atoms with E-state index in [0.717, 1.165) is 24.4 Å². The Morgan fingerprint density at radius 3 is 3.06 bits per heavy atom. The third-order valence-electron chi connectivity index (χ3n) is 2.92. The molecule has 0 unspecified atom stereocenters. The van der Waals surface area contributed by atoms with Gasteiger partial charge in [-0.05, 0) is 25.0 Å². The van der Waals surface area contributed by atoms with E-state index in [1.165, 1.54) is 0 Å². The van der Waals surface area contributed by atoms with Crippen molar-refractivity contribution < 1.29 is 9.53 Å². The maximum Gasteiger partial charge on any atom is 0.249 e. The van der Waals surface area contributed by atoms with Gasteiger partial charge in [-0.25, -0.2) is 4.98 Å². The Morgan fingerprint density at radius 2 is 2.39 bits per heavy atom. The Hall–Kier alpha value is -1.62. The number of amides is 1. The Bertz CT molecular complexity index is 414. The molecule has 18 heavy (non-hydrogen) atoms. The SMILES string of the molecule is CN(C)c1cccc(CNC(=O)[C@H]2CCCO2)n1. The van der Waals surface area contributed by atoms with Crippen molar-refractivity contribution >= 4 is 11.7 Å². The van der Waals surface area contributed by atoms with Crippen LogP contribution in [0.2, 0.25) is 0 Å². The summed E-state index contributed by atoms with van der Waals surface area (Å²) in [6.45, 7) is 1.13. The van der Waals surface area contributed by atoms with Crippen LogP contribution in [0.25, 0.3) is 0 Å². The molecule has 0 aliphatic carbocycles. The molecule has 1 aromatic heterocycles. The van der Waals surface area contributed by atoms with E-state index in [2.05, 4.69) is 10.3 Å². The van der Waals surface area contributed by atoms with E-state index >= 15 is 0 Å². The van der Waals surface area contributed by atoms with Crippen LogP contribution >= 0.6 is 0 Å². The van der Waals surface area contributed by atoms with E-state index in [9.17, 15) is 4.79 Å². The second-order valence-electron chi connectivity index (χ2n) is 4.60. The Kier molecular flexibility index (Phi) is 4.15. The van der Waals surface area contributed by atoms with Gasteiger partial charge in [-0.15, -0.1) is 0 Å². The van der Waals surface area contributed by atoms with Crippen LogP contribution in [0.5, 0.6) is 0 Å². The Labute approximate surface area is 107 Å². The summed E-state index contributed by atoms with van der Waals surface area (Å²) in [4.78, 5) is 18.1. The van der Waals surface area contributed by atoms with Crippen LogP contribution in [0.1, 0.15) is 18.5 Å². The second-order valence-corrected chi connectivity index (χ2v) is 4.60. The van der Waals surface area contributed by atoms with Crippen LogP contribution in [0.4, 0.5) is 5.82 Å². The molecule has 0 radical (unpaired) electrons. The summed E-state index contributed by atoms with van der Waals surface area (Å²) in [6.07, 6.45) is 1.51. The van der Waals surface area contributed by atoms with E-state index < -0.39 is 0 Å². The molecule has 5 heteroatoms. The quantitative estimate of drug-likeness (QED) is 0.863. The van der Waals surface area contributed by atoms with Crippen LogP contribution in [-0.2, 0) is 16.1 Å². The lowest BCUT2D eigenvalue weighted by Gasteiger charge is -2.13. The molecule has 5 nitrogen and oxygen atoms in total. The number of pyridine rings is 1. The van der Waals surface area contributed by atoms with Gasteiger partial charge in [0.25, 0.3) is 0 Å². The molecule has 1 fully saturated rings. The first-order valence-electron chi connectivity index (χ1n) is 6.19. The first-order valence-corrected chi connectivity index (χ1v) is 6.19. The monoisotopic (exact) mass is 249 g/mol. The van der Waals surface area contributed by atoms with Gasteiger partial charge >= 0.3 is 0 Å². The van der Waals surface area contributed by atoms with Crippen molar-refractivity contribution in [2.45, 2.75) is 25.5 Å². The highest BCUT2D eigenvalue weighted by atomic mass is 16.5. The molecule has 0 spiro atoms. The molecule has 2 rings (SSSR count). The third-order valence-corrected chi connectivity index (χ3v) is 2.92. The number of anilines is 1. The molecule has 0 aromatic carbocycles. The largest absolute Gasteiger partial charge is 0.368 e. The Balaban J connectivity index is 1.89.